The zero-order chi connectivity index (χ0) is 15.5. The fraction of sp³-hybridized carbons (Fsp3) is 0.667. The Bertz CT molecular complexity index is 418. The summed E-state index contributed by atoms with van der Waals surface area (Å²) in [4.78, 5) is 25.6. The monoisotopic (exact) mass is 295 g/mol. The van der Waals surface area contributed by atoms with Crippen LogP contribution in [0.1, 0.15) is 52.4 Å². The summed E-state index contributed by atoms with van der Waals surface area (Å²) >= 11 is 0. The molecule has 1 N–H and O–H groups in total. The average molecular weight is 295 g/mol. The Kier molecular flexibility index (Phi) is 8.16. The molecule has 0 aliphatic rings. The molecule has 0 saturated carbocycles. The van der Waals surface area contributed by atoms with E-state index >= 15 is 0 Å². The fourth-order valence-corrected chi connectivity index (χ4v) is 2.06. The number of aromatic nitrogens is 1. The highest BCUT2D eigenvalue weighted by molar-refractivity contribution is 5.93. The van der Waals surface area contributed by atoms with E-state index in [1.165, 1.54) is 6.26 Å². The molecule has 1 rings (SSSR count). The number of carbonyl (C=O) groups excluding carboxylic acids is 2. The maximum Gasteiger partial charge on any atom is 0.245 e. The van der Waals surface area contributed by atoms with E-state index in [0.29, 0.717) is 18.8 Å². The van der Waals surface area contributed by atoms with Gasteiger partial charge >= 0.3 is 0 Å². The van der Waals surface area contributed by atoms with Crippen molar-refractivity contribution in [1.29, 1.82) is 0 Å². The smallest absolute Gasteiger partial charge is 0.245 e. The summed E-state index contributed by atoms with van der Waals surface area (Å²) in [5.74, 6) is 0.161. The van der Waals surface area contributed by atoms with E-state index in [0.717, 1.165) is 32.1 Å². The Hall–Kier alpha value is -1.85. The number of amides is 2. The summed E-state index contributed by atoms with van der Waals surface area (Å²) in [5, 5.41) is 6.22. The van der Waals surface area contributed by atoms with Crippen molar-refractivity contribution in [2.24, 2.45) is 0 Å². The van der Waals surface area contributed by atoms with Crippen LogP contribution >= 0.6 is 0 Å². The van der Waals surface area contributed by atoms with Crippen molar-refractivity contribution in [1.82, 2.24) is 10.1 Å². The van der Waals surface area contributed by atoms with Crippen LogP contribution in [0.15, 0.2) is 16.9 Å². The van der Waals surface area contributed by atoms with Gasteiger partial charge < -0.3 is 14.7 Å². The predicted molar refractivity (Wildman–Crippen MR) is 80.8 cm³/mol. The first-order valence-electron chi connectivity index (χ1n) is 7.65. The minimum absolute atomic E-state index is 0.0447. The highest BCUT2D eigenvalue weighted by Crippen LogP contribution is 2.07. The van der Waals surface area contributed by atoms with Crippen LogP contribution in [0, 0.1) is 0 Å². The minimum atomic E-state index is -0.251. The van der Waals surface area contributed by atoms with E-state index in [9.17, 15) is 9.59 Å². The lowest BCUT2D eigenvalue weighted by Gasteiger charge is -2.21. The molecule has 0 atom stereocenters. The molecule has 21 heavy (non-hydrogen) atoms. The molecule has 0 aliphatic carbocycles. The quantitative estimate of drug-likeness (QED) is 0.673. The first-order valence-corrected chi connectivity index (χ1v) is 7.65. The fourth-order valence-electron chi connectivity index (χ4n) is 2.06. The number of rotatable bonds is 10. The second-order valence-corrected chi connectivity index (χ2v) is 5.06. The number of anilines is 1. The molecule has 0 unspecified atom stereocenters. The molecular formula is C15H25N3O3. The lowest BCUT2D eigenvalue weighted by atomic mass is 10.1. The Labute approximate surface area is 125 Å². The third-order valence-electron chi connectivity index (χ3n) is 3.13. The molecule has 1 heterocycles. The Morgan fingerprint density at radius 2 is 2.05 bits per heavy atom. The number of carbonyl (C=O) groups is 2. The number of nitrogens with zero attached hydrogens (tertiary/aromatic N) is 2. The van der Waals surface area contributed by atoms with Crippen LogP contribution in [0.3, 0.4) is 0 Å². The molecule has 0 fully saturated rings. The standard InChI is InChI=1S/C15H25N3O3/c1-3-5-6-7-8-15(20)18(10-4-2)12-14(19)16-13-9-11-21-17-13/h9,11H,3-8,10,12H2,1-2H3,(H,16,17,19). The van der Waals surface area contributed by atoms with Crippen LogP contribution in [0.25, 0.3) is 0 Å². The van der Waals surface area contributed by atoms with Crippen LogP contribution in [-0.4, -0.2) is 35.0 Å². The van der Waals surface area contributed by atoms with Crippen LogP contribution in [0.4, 0.5) is 5.82 Å². The topological polar surface area (TPSA) is 75.4 Å². The van der Waals surface area contributed by atoms with Crippen molar-refractivity contribution in [2.45, 2.75) is 52.4 Å². The molecule has 2 amide bonds. The predicted octanol–water partition coefficient (Wildman–Crippen LogP) is 2.82. The van der Waals surface area contributed by atoms with Gasteiger partial charge in [0.05, 0.1) is 6.54 Å². The SMILES string of the molecule is CCCCCCC(=O)N(CCC)CC(=O)Nc1ccon1. The molecule has 118 valence electrons. The van der Waals surface area contributed by atoms with Gasteiger partial charge in [-0.3, -0.25) is 9.59 Å². The van der Waals surface area contributed by atoms with Crippen molar-refractivity contribution in [2.75, 3.05) is 18.4 Å². The van der Waals surface area contributed by atoms with E-state index in [4.69, 9.17) is 0 Å². The third-order valence-corrected chi connectivity index (χ3v) is 3.13. The van der Waals surface area contributed by atoms with Gasteiger partial charge in [0, 0.05) is 19.0 Å². The van der Waals surface area contributed by atoms with E-state index < -0.39 is 0 Å². The Morgan fingerprint density at radius 3 is 2.67 bits per heavy atom. The number of unbranched alkanes of at least 4 members (excludes halogenated alkanes) is 3. The zero-order valence-electron chi connectivity index (χ0n) is 12.9. The number of hydrogen-bond donors (Lipinski definition) is 1. The van der Waals surface area contributed by atoms with Crippen molar-refractivity contribution in [3.63, 3.8) is 0 Å². The molecule has 0 saturated heterocycles. The molecule has 0 bridgehead atoms. The van der Waals surface area contributed by atoms with Gasteiger partial charge in [0.25, 0.3) is 0 Å². The molecule has 1 aromatic rings. The average Bonchev–Trinajstić information content (AvgIpc) is 2.95. The van der Waals surface area contributed by atoms with Gasteiger partial charge in [0.1, 0.15) is 6.26 Å². The van der Waals surface area contributed by atoms with Crippen molar-refractivity contribution in [3.05, 3.63) is 12.3 Å². The van der Waals surface area contributed by atoms with Gasteiger partial charge in [0.2, 0.25) is 11.8 Å². The van der Waals surface area contributed by atoms with E-state index in [1.54, 1.807) is 11.0 Å². The lowest BCUT2D eigenvalue weighted by molar-refractivity contribution is -0.134. The number of hydrogen-bond acceptors (Lipinski definition) is 4. The first-order chi connectivity index (χ1) is 10.2. The molecule has 0 aromatic carbocycles. The van der Waals surface area contributed by atoms with E-state index in [1.807, 2.05) is 6.92 Å². The van der Waals surface area contributed by atoms with Crippen molar-refractivity contribution < 1.29 is 14.1 Å². The molecule has 0 spiro atoms. The van der Waals surface area contributed by atoms with Crippen molar-refractivity contribution >= 4 is 17.6 Å². The summed E-state index contributed by atoms with van der Waals surface area (Å²) in [7, 11) is 0. The van der Waals surface area contributed by atoms with Crippen molar-refractivity contribution in [3.8, 4) is 0 Å². The molecule has 1 aromatic heterocycles. The summed E-state index contributed by atoms with van der Waals surface area (Å²) in [5.41, 5.74) is 0. The maximum atomic E-state index is 12.1. The van der Waals surface area contributed by atoms with Gasteiger partial charge in [0.15, 0.2) is 5.82 Å². The lowest BCUT2D eigenvalue weighted by Crippen LogP contribution is -2.38. The molecule has 0 aliphatic heterocycles. The summed E-state index contributed by atoms with van der Waals surface area (Å²) in [6.07, 6.45) is 6.97. The van der Waals surface area contributed by atoms with Gasteiger partial charge in [-0.1, -0.05) is 38.3 Å². The highest BCUT2D eigenvalue weighted by atomic mass is 16.5. The second-order valence-electron chi connectivity index (χ2n) is 5.06. The summed E-state index contributed by atoms with van der Waals surface area (Å²) < 4.78 is 4.65. The summed E-state index contributed by atoms with van der Waals surface area (Å²) in [6, 6.07) is 1.56. The first kappa shape index (κ1) is 17.2. The summed E-state index contributed by atoms with van der Waals surface area (Å²) in [6.45, 7) is 4.79. The van der Waals surface area contributed by atoms with Gasteiger partial charge in [-0.05, 0) is 12.8 Å². The van der Waals surface area contributed by atoms with Gasteiger partial charge in [-0.2, -0.15) is 0 Å². The third kappa shape index (κ3) is 6.92. The van der Waals surface area contributed by atoms with Crippen LogP contribution < -0.4 is 5.32 Å². The molecular weight excluding hydrogens is 270 g/mol. The molecule has 6 heteroatoms. The number of nitrogens with one attached hydrogen (secondary N) is 1. The second kappa shape index (κ2) is 9.96. The Morgan fingerprint density at radius 1 is 1.24 bits per heavy atom. The van der Waals surface area contributed by atoms with Crippen LogP contribution in [0.2, 0.25) is 0 Å². The zero-order valence-corrected chi connectivity index (χ0v) is 12.9. The highest BCUT2D eigenvalue weighted by Gasteiger charge is 2.16. The molecule has 6 nitrogen and oxygen atoms in total. The minimum Gasteiger partial charge on any atom is -0.363 e. The van der Waals surface area contributed by atoms with Crippen LogP contribution in [-0.2, 0) is 9.59 Å². The van der Waals surface area contributed by atoms with E-state index in [-0.39, 0.29) is 18.4 Å². The maximum absolute atomic E-state index is 12.1. The van der Waals surface area contributed by atoms with Crippen LogP contribution in [0.5, 0.6) is 0 Å². The van der Waals surface area contributed by atoms with E-state index in [2.05, 4.69) is 21.9 Å². The Balaban J connectivity index is 2.40. The van der Waals surface area contributed by atoms with Gasteiger partial charge in [-0.25, -0.2) is 0 Å². The normalized spacial score (nSPS) is 10.4. The molecule has 0 radical (unpaired) electrons. The van der Waals surface area contributed by atoms with Gasteiger partial charge in [-0.15, -0.1) is 0 Å². The largest absolute Gasteiger partial charge is 0.363 e.